The Hall–Kier alpha value is -0.830. The monoisotopic (exact) mass is 266 g/mol. The predicted molar refractivity (Wildman–Crippen MR) is 74.6 cm³/mol. The lowest BCUT2D eigenvalue weighted by molar-refractivity contribution is -0.146. The van der Waals surface area contributed by atoms with Crippen LogP contribution in [0.1, 0.15) is 58.8 Å². The zero-order valence-electron chi connectivity index (χ0n) is 12.2. The number of hydrogen-bond donors (Lipinski definition) is 1. The highest BCUT2D eigenvalue weighted by atomic mass is 16.5. The second kappa shape index (κ2) is 5.28. The summed E-state index contributed by atoms with van der Waals surface area (Å²) in [5.41, 5.74) is 0.144. The number of carbonyl (C=O) groups excluding carboxylic acids is 1. The first-order valence-electron chi connectivity index (χ1n) is 7.48. The average Bonchev–Trinajstić information content (AvgIpc) is 2.46. The van der Waals surface area contributed by atoms with Crippen LogP contribution in [0.15, 0.2) is 12.2 Å². The Morgan fingerprint density at radius 3 is 2.79 bits per heavy atom. The Morgan fingerprint density at radius 2 is 2.11 bits per heavy atom. The van der Waals surface area contributed by atoms with Gasteiger partial charge >= 0.3 is 5.97 Å². The topological polar surface area (TPSA) is 46.5 Å². The van der Waals surface area contributed by atoms with Gasteiger partial charge in [0.2, 0.25) is 0 Å². The van der Waals surface area contributed by atoms with Crippen molar-refractivity contribution in [1.82, 2.24) is 0 Å². The molecule has 0 aromatic carbocycles. The molecule has 2 rings (SSSR count). The van der Waals surface area contributed by atoms with Gasteiger partial charge in [-0.1, -0.05) is 38.3 Å². The van der Waals surface area contributed by atoms with E-state index in [1.165, 1.54) is 6.42 Å². The SMILES string of the molecule is C=C1C[C@@]2(O)CCCCC[C@]2(C)[C@H]1CC(=O)OCC. The molecule has 0 aromatic rings. The summed E-state index contributed by atoms with van der Waals surface area (Å²) >= 11 is 0. The Balaban J connectivity index is 2.22. The van der Waals surface area contributed by atoms with E-state index < -0.39 is 5.60 Å². The summed E-state index contributed by atoms with van der Waals surface area (Å²) in [7, 11) is 0. The normalized spacial score (nSPS) is 38.7. The standard InChI is InChI=1S/C16H26O3/c1-4-19-14(17)10-13-12(2)11-16(18)9-7-5-6-8-15(13,16)3/h13,18H,2,4-11H2,1,3H3/t13-,15+,16-/m0/s1. The summed E-state index contributed by atoms with van der Waals surface area (Å²) in [6.45, 7) is 8.51. The van der Waals surface area contributed by atoms with E-state index in [-0.39, 0.29) is 17.3 Å². The van der Waals surface area contributed by atoms with Crippen molar-refractivity contribution in [1.29, 1.82) is 0 Å². The van der Waals surface area contributed by atoms with Crippen LogP contribution in [0.2, 0.25) is 0 Å². The van der Waals surface area contributed by atoms with Crippen LogP contribution in [-0.2, 0) is 9.53 Å². The highest BCUT2D eigenvalue weighted by molar-refractivity contribution is 5.70. The molecule has 0 heterocycles. The van der Waals surface area contributed by atoms with Gasteiger partial charge in [0.05, 0.1) is 18.6 Å². The maximum Gasteiger partial charge on any atom is 0.306 e. The molecule has 0 bridgehead atoms. The molecule has 0 radical (unpaired) electrons. The number of carbonyl (C=O) groups is 1. The summed E-state index contributed by atoms with van der Waals surface area (Å²) in [5.74, 6) is -0.0991. The van der Waals surface area contributed by atoms with Gasteiger partial charge in [0.25, 0.3) is 0 Å². The van der Waals surface area contributed by atoms with Crippen LogP contribution in [-0.4, -0.2) is 23.3 Å². The van der Waals surface area contributed by atoms with Gasteiger partial charge in [0, 0.05) is 5.41 Å². The van der Waals surface area contributed by atoms with Crippen molar-refractivity contribution in [3.63, 3.8) is 0 Å². The number of rotatable bonds is 3. The van der Waals surface area contributed by atoms with Gasteiger partial charge in [-0.2, -0.15) is 0 Å². The van der Waals surface area contributed by atoms with Crippen LogP contribution in [0.4, 0.5) is 0 Å². The second-order valence-electron chi connectivity index (χ2n) is 6.41. The third kappa shape index (κ3) is 2.45. The number of ether oxygens (including phenoxy) is 1. The molecule has 3 heteroatoms. The minimum Gasteiger partial charge on any atom is -0.466 e. The molecule has 2 aliphatic rings. The van der Waals surface area contributed by atoms with E-state index in [1.54, 1.807) is 0 Å². The fourth-order valence-electron chi connectivity index (χ4n) is 4.10. The first-order valence-corrected chi connectivity index (χ1v) is 7.48. The highest BCUT2D eigenvalue weighted by Crippen LogP contribution is 2.59. The van der Waals surface area contributed by atoms with E-state index in [2.05, 4.69) is 13.5 Å². The lowest BCUT2D eigenvalue weighted by atomic mass is 9.66. The summed E-state index contributed by atoms with van der Waals surface area (Å²) in [4.78, 5) is 11.8. The van der Waals surface area contributed by atoms with Crippen molar-refractivity contribution in [2.24, 2.45) is 11.3 Å². The second-order valence-corrected chi connectivity index (χ2v) is 6.41. The van der Waals surface area contributed by atoms with Crippen molar-refractivity contribution in [2.75, 3.05) is 6.61 Å². The molecule has 1 N–H and O–H groups in total. The predicted octanol–water partition coefficient (Wildman–Crippen LogP) is 3.22. The molecule has 19 heavy (non-hydrogen) atoms. The van der Waals surface area contributed by atoms with E-state index in [0.717, 1.165) is 31.3 Å². The van der Waals surface area contributed by atoms with Crippen LogP contribution in [0.25, 0.3) is 0 Å². The number of aliphatic hydroxyl groups is 1. The Kier molecular flexibility index (Phi) is 4.05. The zero-order valence-corrected chi connectivity index (χ0v) is 12.2. The van der Waals surface area contributed by atoms with Gasteiger partial charge in [-0.3, -0.25) is 4.79 Å². The zero-order chi connectivity index (χ0) is 14.1. The average molecular weight is 266 g/mol. The third-order valence-corrected chi connectivity index (χ3v) is 5.31. The van der Waals surface area contributed by atoms with E-state index in [1.807, 2.05) is 6.92 Å². The smallest absolute Gasteiger partial charge is 0.306 e. The maximum absolute atomic E-state index is 11.8. The summed E-state index contributed by atoms with van der Waals surface area (Å²) in [6, 6.07) is 0. The molecular formula is C16H26O3. The van der Waals surface area contributed by atoms with Gasteiger partial charge < -0.3 is 9.84 Å². The van der Waals surface area contributed by atoms with Crippen LogP contribution >= 0.6 is 0 Å². The first kappa shape index (κ1) is 14.6. The van der Waals surface area contributed by atoms with Crippen LogP contribution < -0.4 is 0 Å². The van der Waals surface area contributed by atoms with Crippen molar-refractivity contribution in [2.45, 2.75) is 64.4 Å². The lowest BCUT2D eigenvalue weighted by Crippen LogP contribution is -2.44. The minimum atomic E-state index is -0.669. The molecule has 108 valence electrons. The molecule has 0 amide bonds. The highest BCUT2D eigenvalue weighted by Gasteiger charge is 2.58. The molecule has 0 aliphatic heterocycles. The molecule has 2 fully saturated rings. The van der Waals surface area contributed by atoms with Crippen molar-refractivity contribution in [3.8, 4) is 0 Å². The van der Waals surface area contributed by atoms with Gasteiger partial charge in [0.1, 0.15) is 0 Å². The lowest BCUT2D eigenvalue weighted by Gasteiger charge is -2.41. The quantitative estimate of drug-likeness (QED) is 0.630. The summed E-state index contributed by atoms with van der Waals surface area (Å²) in [6.07, 6.45) is 6.21. The third-order valence-electron chi connectivity index (χ3n) is 5.31. The van der Waals surface area contributed by atoms with Gasteiger partial charge in [-0.05, 0) is 32.1 Å². The van der Waals surface area contributed by atoms with Gasteiger partial charge in [0.15, 0.2) is 0 Å². The Morgan fingerprint density at radius 1 is 1.42 bits per heavy atom. The van der Waals surface area contributed by atoms with Gasteiger partial charge in [-0.15, -0.1) is 0 Å². The molecule has 3 nitrogen and oxygen atoms in total. The largest absolute Gasteiger partial charge is 0.466 e. The van der Waals surface area contributed by atoms with Crippen LogP contribution in [0.3, 0.4) is 0 Å². The molecule has 2 saturated carbocycles. The maximum atomic E-state index is 11.8. The Labute approximate surface area is 116 Å². The van der Waals surface area contributed by atoms with Gasteiger partial charge in [-0.25, -0.2) is 0 Å². The summed E-state index contributed by atoms with van der Waals surface area (Å²) in [5, 5.41) is 11.0. The molecule has 2 aliphatic carbocycles. The van der Waals surface area contributed by atoms with Crippen LogP contribution in [0.5, 0.6) is 0 Å². The van der Waals surface area contributed by atoms with Crippen molar-refractivity contribution in [3.05, 3.63) is 12.2 Å². The summed E-state index contributed by atoms with van der Waals surface area (Å²) < 4.78 is 5.08. The molecule has 0 aromatic heterocycles. The number of esters is 1. The van der Waals surface area contributed by atoms with E-state index in [9.17, 15) is 9.90 Å². The van der Waals surface area contributed by atoms with E-state index >= 15 is 0 Å². The Bertz CT molecular complexity index is 376. The molecule has 0 spiro atoms. The fraction of sp³-hybridized carbons (Fsp3) is 0.812. The molecular weight excluding hydrogens is 240 g/mol. The van der Waals surface area contributed by atoms with Crippen molar-refractivity contribution < 1.29 is 14.6 Å². The molecule has 0 unspecified atom stereocenters. The van der Waals surface area contributed by atoms with E-state index in [0.29, 0.717) is 19.4 Å². The molecule has 3 atom stereocenters. The first-order chi connectivity index (χ1) is 8.93. The van der Waals surface area contributed by atoms with Crippen molar-refractivity contribution >= 4 is 5.97 Å². The van der Waals surface area contributed by atoms with E-state index in [4.69, 9.17) is 4.74 Å². The minimum absolute atomic E-state index is 0.0645. The number of fused-ring (bicyclic) bond motifs is 1. The number of hydrogen-bond acceptors (Lipinski definition) is 3. The van der Waals surface area contributed by atoms with Crippen LogP contribution in [0, 0.1) is 11.3 Å². The molecule has 0 saturated heterocycles. The fourth-order valence-corrected chi connectivity index (χ4v) is 4.10.